The first kappa shape index (κ1) is 15.7. The molecule has 1 saturated heterocycles. The summed E-state index contributed by atoms with van der Waals surface area (Å²) in [5.74, 6) is 1.06. The van der Waals surface area contributed by atoms with Gasteiger partial charge in [-0.3, -0.25) is 4.79 Å². The topological polar surface area (TPSA) is 32.3 Å². The van der Waals surface area contributed by atoms with Crippen molar-refractivity contribution in [2.24, 2.45) is 0 Å². The van der Waals surface area contributed by atoms with Crippen LogP contribution in [-0.2, 0) is 4.79 Å². The Morgan fingerprint density at radius 2 is 2.00 bits per heavy atom. The first-order valence-corrected chi connectivity index (χ1v) is 8.38. The summed E-state index contributed by atoms with van der Waals surface area (Å²) in [4.78, 5) is 15.3. The van der Waals surface area contributed by atoms with E-state index in [2.05, 4.69) is 5.32 Å². The molecule has 1 fully saturated rings. The number of thioether (sulfide) groups is 1. The van der Waals surface area contributed by atoms with Gasteiger partial charge in [0.1, 0.15) is 0 Å². The molecular weight excluding hydrogens is 292 g/mol. The number of piperidine rings is 1. The summed E-state index contributed by atoms with van der Waals surface area (Å²) in [7, 11) is 1.94. The second kappa shape index (κ2) is 7.91. The SMILES string of the molecule is CN(C(=O)CCSc1ccc(Cl)cc1)C1CCNCC1. The number of carbonyl (C=O) groups is 1. The van der Waals surface area contributed by atoms with Crippen molar-refractivity contribution in [2.45, 2.75) is 30.2 Å². The van der Waals surface area contributed by atoms with E-state index in [1.54, 1.807) is 11.8 Å². The molecule has 0 saturated carbocycles. The molecule has 0 aliphatic carbocycles. The Bertz CT molecular complexity index is 432. The van der Waals surface area contributed by atoms with Crippen molar-refractivity contribution >= 4 is 29.3 Å². The van der Waals surface area contributed by atoms with Crippen molar-refractivity contribution in [1.82, 2.24) is 10.2 Å². The van der Waals surface area contributed by atoms with Crippen molar-refractivity contribution in [3.05, 3.63) is 29.3 Å². The molecular formula is C15H21ClN2OS. The van der Waals surface area contributed by atoms with Crippen molar-refractivity contribution in [2.75, 3.05) is 25.9 Å². The van der Waals surface area contributed by atoms with Crippen molar-refractivity contribution in [3.63, 3.8) is 0 Å². The average Bonchev–Trinajstić information content (AvgIpc) is 2.49. The lowest BCUT2D eigenvalue weighted by atomic mass is 10.1. The van der Waals surface area contributed by atoms with E-state index in [0.29, 0.717) is 12.5 Å². The van der Waals surface area contributed by atoms with Crippen LogP contribution in [0.4, 0.5) is 0 Å². The molecule has 2 rings (SSSR count). The lowest BCUT2D eigenvalue weighted by Gasteiger charge is -2.31. The maximum Gasteiger partial charge on any atom is 0.223 e. The first-order valence-electron chi connectivity index (χ1n) is 7.01. The fourth-order valence-electron chi connectivity index (χ4n) is 2.36. The maximum atomic E-state index is 12.2. The van der Waals surface area contributed by atoms with Crippen LogP contribution in [0.2, 0.25) is 5.02 Å². The van der Waals surface area contributed by atoms with Gasteiger partial charge in [0.15, 0.2) is 0 Å². The van der Waals surface area contributed by atoms with Gasteiger partial charge < -0.3 is 10.2 Å². The Balaban J connectivity index is 1.72. The number of hydrogen-bond acceptors (Lipinski definition) is 3. The van der Waals surface area contributed by atoms with E-state index >= 15 is 0 Å². The summed E-state index contributed by atoms with van der Waals surface area (Å²) in [6, 6.07) is 8.16. The molecule has 1 aliphatic rings. The summed E-state index contributed by atoms with van der Waals surface area (Å²) >= 11 is 7.55. The Labute approximate surface area is 130 Å². The molecule has 1 amide bonds. The van der Waals surface area contributed by atoms with Crippen molar-refractivity contribution < 1.29 is 4.79 Å². The molecule has 1 heterocycles. The van der Waals surface area contributed by atoms with Crippen LogP contribution in [0.3, 0.4) is 0 Å². The summed E-state index contributed by atoms with van der Waals surface area (Å²) in [6.45, 7) is 2.03. The van der Waals surface area contributed by atoms with Crippen molar-refractivity contribution in [1.29, 1.82) is 0 Å². The van der Waals surface area contributed by atoms with Gasteiger partial charge in [-0.15, -0.1) is 11.8 Å². The largest absolute Gasteiger partial charge is 0.343 e. The third-order valence-electron chi connectivity index (χ3n) is 3.65. The minimum atomic E-state index is 0.248. The molecule has 0 aromatic heterocycles. The van der Waals surface area contributed by atoms with E-state index in [-0.39, 0.29) is 5.91 Å². The van der Waals surface area contributed by atoms with E-state index in [1.165, 1.54) is 0 Å². The molecule has 1 aromatic carbocycles. The molecule has 110 valence electrons. The highest BCUT2D eigenvalue weighted by Gasteiger charge is 2.21. The van der Waals surface area contributed by atoms with E-state index in [0.717, 1.165) is 41.6 Å². The predicted molar refractivity (Wildman–Crippen MR) is 85.5 cm³/mol. The summed E-state index contributed by atoms with van der Waals surface area (Å²) in [6.07, 6.45) is 2.72. The standard InChI is InChI=1S/C15H21ClN2OS/c1-18(13-6-9-17-10-7-13)15(19)8-11-20-14-4-2-12(16)3-5-14/h2-5,13,17H,6-11H2,1H3. The second-order valence-electron chi connectivity index (χ2n) is 5.04. The van der Waals surface area contributed by atoms with Gasteiger partial charge in [-0.05, 0) is 50.2 Å². The third-order valence-corrected chi connectivity index (χ3v) is 4.91. The van der Waals surface area contributed by atoms with E-state index in [4.69, 9.17) is 11.6 Å². The highest BCUT2D eigenvalue weighted by molar-refractivity contribution is 7.99. The fraction of sp³-hybridized carbons (Fsp3) is 0.533. The predicted octanol–water partition coefficient (Wildman–Crippen LogP) is 3.03. The maximum absolute atomic E-state index is 12.2. The van der Waals surface area contributed by atoms with Crippen LogP contribution in [0.5, 0.6) is 0 Å². The van der Waals surface area contributed by atoms with E-state index in [1.807, 2.05) is 36.2 Å². The lowest BCUT2D eigenvalue weighted by molar-refractivity contribution is -0.131. The van der Waals surface area contributed by atoms with Gasteiger partial charge in [-0.2, -0.15) is 0 Å². The minimum absolute atomic E-state index is 0.248. The van der Waals surface area contributed by atoms with Crippen molar-refractivity contribution in [3.8, 4) is 0 Å². The number of amides is 1. The van der Waals surface area contributed by atoms with Gasteiger partial charge >= 0.3 is 0 Å². The number of hydrogen-bond donors (Lipinski definition) is 1. The van der Waals surface area contributed by atoms with Gasteiger partial charge in [-0.1, -0.05) is 11.6 Å². The molecule has 1 aromatic rings. The number of carbonyl (C=O) groups excluding carboxylic acids is 1. The molecule has 20 heavy (non-hydrogen) atoms. The van der Waals surface area contributed by atoms with Gasteiger partial charge in [0.25, 0.3) is 0 Å². The fourth-order valence-corrected chi connectivity index (χ4v) is 3.33. The molecule has 0 radical (unpaired) electrons. The van der Waals surface area contributed by atoms with Crippen LogP contribution >= 0.6 is 23.4 Å². The molecule has 1 N–H and O–H groups in total. The Morgan fingerprint density at radius 3 is 2.65 bits per heavy atom. The Kier molecular flexibility index (Phi) is 6.20. The monoisotopic (exact) mass is 312 g/mol. The van der Waals surface area contributed by atoms with Gasteiger partial charge in [0.2, 0.25) is 5.91 Å². The normalized spacial score (nSPS) is 16.1. The van der Waals surface area contributed by atoms with Crippen LogP contribution in [0.25, 0.3) is 0 Å². The highest BCUT2D eigenvalue weighted by atomic mass is 35.5. The zero-order valence-corrected chi connectivity index (χ0v) is 13.3. The van der Waals surface area contributed by atoms with Crippen LogP contribution in [0.1, 0.15) is 19.3 Å². The number of nitrogens with zero attached hydrogens (tertiary/aromatic N) is 1. The van der Waals surface area contributed by atoms with E-state index in [9.17, 15) is 4.79 Å². The van der Waals surface area contributed by atoms with Gasteiger partial charge in [-0.25, -0.2) is 0 Å². The molecule has 0 bridgehead atoms. The van der Waals surface area contributed by atoms with Crippen LogP contribution in [0.15, 0.2) is 29.2 Å². The van der Waals surface area contributed by atoms with Crippen LogP contribution in [-0.4, -0.2) is 42.7 Å². The highest BCUT2D eigenvalue weighted by Crippen LogP contribution is 2.21. The van der Waals surface area contributed by atoms with Crippen LogP contribution < -0.4 is 5.32 Å². The number of rotatable bonds is 5. The first-order chi connectivity index (χ1) is 9.66. The third kappa shape index (κ3) is 4.69. The molecule has 5 heteroatoms. The second-order valence-corrected chi connectivity index (χ2v) is 6.64. The molecule has 0 spiro atoms. The lowest BCUT2D eigenvalue weighted by Crippen LogP contribution is -2.44. The average molecular weight is 313 g/mol. The Morgan fingerprint density at radius 1 is 1.35 bits per heavy atom. The summed E-state index contributed by atoms with van der Waals surface area (Å²) < 4.78 is 0. The molecule has 0 unspecified atom stereocenters. The number of benzene rings is 1. The van der Waals surface area contributed by atoms with Crippen LogP contribution in [0, 0.1) is 0 Å². The minimum Gasteiger partial charge on any atom is -0.343 e. The van der Waals surface area contributed by atoms with Gasteiger partial charge in [0.05, 0.1) is 0 Å². The number of halogens is 1. The quantitative estimate of drug-likeness (QED) is 0.848. The molecule has 1 aliphatic heterocycles. The molecule has 3 nitrogen and oxygen atoms in total. The smallest absolute Gasteiger partial charge is 0.223 e. The zero-order valence-electron chi connectivity index (χ0n) is 11.8. The Hall–Kier alpha value is -0.710. The summed E-state index contributed by atoms with van der Waals surface area (Å²) in [5.41, 5.74) is 0. The zero-order chi connectivity index (χ0) is 14.4. The van der Waals surface area contributed by atoms with E-state index < -0.39 is 0 Å². The van der Waals surface area contributed by atoms with Gasteiger partial charge in [0, 0.05) is 35.2 Å². The number of nitrogens with one attached hydrogen (secondary N) is 1. The molecule has 0 atom stereocenters. The summed E-state index contributed by atoms with van der Waals surface area (Å²) in [5, 5.41) is 4.07.